The van der Waals surface area contributed by atoms with Crippen molar-refractivity contribution < 1.29 is 9.53 Å². The third-order valence-corrected chi connectivity index (χ3v) is 3.81. The zero-order chi connectivity index (χ0) is 16.1. The summed E-state index contributed by atoms with van der Waals surface area (Å²) in [6.45, 7) is 9.04. The van der Waals surface area contributed by atoms with Gasteiger partial charge in [0, 0.05) is 5.56 Å². The Labute approximate surface area is 132 Å². The van der Waals surface area contributed by atoms with E-state index >= 15 is 0 Å². The molecule has 2 aromatic rings. The predicted octanol–water partition coefficient (Wildman–Crippen LogP) is 3.73. The lowest BCUT2D eigenvalue weighted by Crippen LogP contribution is -2.28. The number of aryl methyl sites for hydroxylation is 4. The summed E-state index contributed by atoms with van der Waals surface area (Å²) < 4.78 is 5.78. The van der Waals surface area contributed by atoms with Crippen LogP contribution in [-0.2, 0) is 0 Å². The number of rotatable bonds is 5. The molecular formula is C19H23NO2. The summed E-state index contributed by atoms with van der Waals surface area (Å²) in [6, 6.07) is 11.8. The molecule has 0 aromatic heterocycles. The van der Waals surface area contributed by atoms with Crippen LogP contribution in [0.3, 0.4) is 0 Å². The maximum Gasteiger partial charge on any atom is 0.251 e. The van der Waals surface area contributed by atoms with Crippen LogP contribution in [0.1, 0.15) is 32.6 Å². The van der Waals surface area contributed by atoms with E-state index in [1.807, 2.05) is 64.1 Å². The van der Waals surface area contributed by atoms with Gasteiger partial charge in [-0.2, -0.15) is 0 Å². The van der Waals surface area contributed by atoms with Crippen molar-refractivity contribution in [1.29, 1.82) is 0 Å². The van der Waals surface area contributed by atoms with E-state index in [1.165, 1.54) is 5.56 Å². The minimum Gasteiger partial charge on any atom is -0.491 e. The van der Waals surface area contributed by atoms with E-state index in [0.29, 0.717) is 18.7 Å². The largest absolute Gasteiger partial charge is 0.491 e. The van der Waals surface area contributed by atoms with Crippen molar-refractivity contribution in [2.24, 2.45) is 0 Å². The van der Waals surface area contributed by atoms with Crippen LogP contribution in [-0.4, -0.2) is 19.1 Å². The fourth-order valence-electron chi connectivity index (χ4n) is 2.33. The highest BCUT2D eigenvalue weighted by Crippen LogP contribution is 2.21. The highest BCUT2D eigenvalue weighted by molar-refractivity contribution is 5.94. The molecule has 0 aliphatic heterocycles. The molecule has 22 heavy (non-hydrogen) atoms. The standard InChI is InChI=1S/C19H23NO2/c1-13-8-9-17(12-16(13)4)19(21)20-10-11-22-18-14(2)6-5-7-15(18)3/h5-9,12H,10-11H2,1-4H3,(H,20,21). The molecule has 3 heteroatoms. The summed E-state index contributed by atoms with van der Waals surface area (Å²) in [7, 11) is 0. The second-order valence-corrected chi connectivity index (χ2v) is 5.62. The van der Waals surface area contributed by atoms with Gasteiger partial charge < -0.3 is 10.1 Å². The van der Waals surface area contributed by atoms with Crippen LogP contribution in [0.25, 0.3) is 0 Å². The van der Waals surface area contributed by atoms with Crippen molar-refractivity contribution in [3.63, 3.8) is 0 Å². The third-order valence-electron chi connectivity index (χ3n) is 3.81. The lowest BCUT2D eigenvalue weighted by Gasteiger charge is -2.12. The maximum absolute atomic E-state index is 12.1. The number of ether oxygens (including phenoxy) is 1. The second kappa shape index (κ2) is 7.12. The monoisotopic (exact) mass is 297 g/mol. The number of amides is 1. The van der Waals surface area contributed by atoms with Crippen LogP contribution >= 0.6 is 0 Å². The Hall–Kier alpha value is -2.29. The number of nitrogens with one attached hydrogen (secondary N) is 1. The second-order valence-electron chi connectivity index (χ2n) is 5.62. The molecule has 0 saturated carbocycles. The highest BCUT2D eigenvalue weighted by atomic mass is 16.5. The lowest BCUT2D eigenvalue weighted by atomic mass is 10.1. The normalized spacial score (nSPS) is 10.4. The van der Waals surface area contributed by atoms with Gasteiger partial charge in [0.05, 0.1) is 6.54 Å². The molecule has 2 aromatic carbocycles. The van der Waals surface area contributed by atoms with E-state index in [-0.39, 0.29) is 5.91 Å². The van der Waals surface area contributed by atoms with Crippen molar-refractivity contribution in [2.75, 3.05) is 13.2 Å². The summed E-state index contributed by atoms with van der Waals surface area (Å²) in [5.74, 6) is 0.844. The molecule has 0 radical (unpaired) electrons. The molecule has 116 valence electrons. The van der Waals surface area contributed by atoms with E-state index < -0.39 is 0 Å². The Kier molecular flexibility index (Phi) is 5.21. The summed E-state index contributed by atoms with van der Waals surface area (Å²) in [5, 5.41) is 2.89. The number of para-hydroxylation sites is 1. The number of benzene rings is 2. The van der Waals surface area contributed by atoms with E-state index in [0.717, 1.165) is 22.4 Å². The maximum atomic E-state index is 12.1. The summed E-state index contributed by atoms with van der Waals surface area (Å²) in [6.07, 6.45) is 0. The molecule has 0 saturated heterocycles. The molecule has 1 amide bonds. The molecule has 0 spiro atoms. The molecule has 0 atom stereocenters. The van der Waals surface area contributed by atoms with Gasteiger partial charge in [-0.15, -0.1) is 0 Å². The Morgan fingerprint density at radius 2 is 1.64 bits per heavy atom. The molecule has 0 heterocycles. The SMILES string of the molecule is Cc1ccc(C(=O)NCCOc2c(C)cccc2C)cc1C. The average molecular weight is 297 g/mol. The van der Waals surface area contributed by atoms with Gasteiger partial charge in [0.1, 0.15) is 12.4 Å². The fourth-order valence-corrected chi connectivity index (χ4v) is 2.33. The third kappa shape index (κ3) is 3.88. The van der Waals surface area contributed by atoms with Gasteiger partial charge in [-0.3, -0.25) is 4.79 Å². The van der Waals surface area contributed by atoms with Crippen LogP contribution in [0.15, 0.2) is 36.4 Å². The summed E-state index contributed by atoms with van der Waals surface area (Å²) in [5.41, 5.74) is 5.23. The Bertz CT molecular complexity index is 657. The first-order chi connectivity index (χ1) is 10.5. The van der Waals surface area contributed by atoms with E-state index in [4.69, 9.17) is 4.74 Å². The van der Waals surface area contributed by atoms with Gasteiger partial charge in [0.2, 0.25) is 0 Å². The van der Waals surface area contributed by atoms with Crippen LogP contribution in [0.4, 0.5) is 0 Å². The lowest BCUT2D eigenvalue weighted by molar-refractivity contribution is 0.0947. The van der Waals surface area contributed by atoms with Crippen molar-refractivity contribution in [3.05, 3.63) is 64.2 Å². The van der Waals surface area contributed by atoms with Crippen LogP contribution < -0.4 is 10.1 Å². The zero-order valence-electron chi connectivity index (χ0n) is 13.7. The van der Waals surface area contributed by atoms with Crippen LogP contribution in [0.2, 0.25) is 0 Å². The number of carbonyl (C=O) groups excluding carboxylic acids is 1. The Morgan fingerprint density at radius 1 is 0.955 bits per heavy atom. The molecular weight excluding hydrogens is 274 g/mol. The molecule has 0 aliphatic rings. The summed E-state index contributed by atoms with van der Waals surface area (Å²) >= 11 is 0. The van der Waals surface area contributed by atoms with Gasteiger partial charge >= 0.3 is 0 Å². The Morgan fingerprint density at radius 3 is 2.27 bits per heavy atom. The first kappa shape index (κ1) is 16.1. The minimum atomic E-state index is -0.0618. The Balaban J connectivity index is 1.86. The van der Waals surface area contributed by atoms with E-state index in [9.17, 15) is 4.79 Å². The fraction of sp³-hybridized carbons (Fsp3) is 0.316. The smallest absolute Gasteiger partial charge is 0.251 e. The van der Waals surface area contributed by atoms with Gasteiger partial charge in [-0.25, -0.2) is 0 Å². The van der Waals surface area contributed by atoms with Crippen molar-refractivity contribution in [2.45, 2.75) is 27.7 Å². The van der Waals surface area contributed by atoms with Crippen molar-refractivity contribution in [3.8, 4) is 5.75 Å². The molecule has 0 unspecified atom stereocenters. The summed E-state index contributed by atoms with van der Waals surface area (Å²) in [4.78, 5) is 12.1. The average Bonchev–Trinajstić information content (AvgIpc) is 2.48. The van der Waals surface area contributed by atoms with Gasteiger partial charge in [-0.05, 0) is 62.1 Å². The number of hydrogen-bond donors (Lipinski definition) is 1. The van der Waals surface area contributed by atoms with Crippen molar-refractivity contribution in [1.82, 2.24) is 5.32 Å². The van der Waals surface area contributed by atoms with E-state index in [1.54, 1.807) is 0 Å². The van der Waals surface area contributed by atoms with E-state index in [2.05, 4.69) is 5.32 Å². The molecule has 2 rings (SSSR count). The topological polar surface area (TPSA) is 38.3 Å². The van der Waals surface area contributed by atoms with Gasteiger partial charge in [0.25, 0.3) is 5.91 Å². The predicted molar refractivity (Wildman–Crippen MR) is 89.7 cm³/mol. The zero-order valence-corrected chi connectivity index (χ0v) is 13.7. The molecule has 1 N–H and O–H groups in total. The van der Waals surface area contributed by atoms with Crippen LogP contribution in [0.5, 0.6) is 5.75 Å². The van der Waals surface area contributed by atoms with Gasteiger partial charge in [0.15, 0.2) is 0 Å². The molecule has 0 fully saturated rings. The number of hydrogen-bond acceptors (Lipinski definition) is 2. The first-order valence-electron chi connectivity index (χ1n) is 7.53. The van der Waals surface area contributed by atoms with Crippen LogP contribution in [0, 0.1) is 27.7 Å². The van der Waals surface area contributed by atoms with Crippen molar-refractivity contribution >= 4 is 5.91 Å². The van der Waals surface area contributed by atoms with Gasteiger partial charge in [-0.1, -0.05) is 24.3 Å². The first-order valence-corrected chi connectivity index (χ1v) is 7.53. The quantitative estimate of drug-likeness (QED) is 0.854. The number of carbonyl (C=O) groups is 1. The highest BCUT2D eigenvalue weighted by Gasteiger charge is 2.07. The molecule has 0 aliphatic carbocycles. The molecule has 3 nitrogen and oxygen atoms in total. The minimum absolute atomic E-state index is 0.0618. The molecule has 0 bridgehead atoms.